The summed E-state index contributed by atoms with van der Waals surface area (Å²) in [6.07, 6.45) is 12.8. The molecule has 0 radical (unpaired) electrons. The molecule has 5 rings (SSSR count). The number of aryl methyl sites for hydroxylation is 1. The van der Waals surface area contributed by atoms with Crippen LogP contribution < -0.4 is 5.32 Å². The van der Waals surface area contributed by atoms with Crippen molar-refractivity contribution in [3.63, 3.8) is 0 Å². The fourth-order valence-electron chi connectivity index (χ4n) is 3.69. The van der Waals surface area contributed by atoms with Gasteiger partial charge in [0.25, 0.3) is 0 Å². The van der Waals surface area contributed by atoms with Gasteiger partial charge in [-0.1, -0.05) is 19.9 Å². The Morgan fingerprint density at radius 1 is 1.14 bits per heavy atom. The van der Waals surface area contributed by atoms with Gasteiger partial charge in [-0.25, -0.2) is 14.5 Å². The van der Waals surface area contributed by atoms with Gasteiger partial charge in [0.15, 0.2) is 0 Å². The number of hydrogen-bond donors (Lipinski definition) is 1. The van der Waals surface area contributed by atoms with Gasteiger partial charge in [-0.2, -0.15) is 10.2 Å². The van der Waals surface area contributed by atoms with Crippen molar-refractivity contribution in [1.29, 1.82) is 0 Å². The quantitative estimate of drug-likeness (QED) is 0.563. The van der Waals surface area contributed by atoms with E-state index in [1.54, 1.807) is 4.68 Å². The first kappa shape index (κ1) is 17.6. The van der Waals surface area contributed by atoms with E-state index in [0.29, 0.717) is 11.9 Å². The third kappa shape index (κ3) is 3.18. The van der Waals surface area contributed by atoms with E-state index in [1.807, 2.05) is 42.5 Å². The van der Waals surface area contributed by atoms with E-state index in [0.717, 1.165) is 46.4 Å². The average Bonchev–Trinajstić information content (AvgIpc) is 3.43. The zero-order valence-corrected chi connectivity index (χ0v) is 16.8. The molecule has 0 aromatic carbocycles. The lowest BCUT2D eigenvalue weighted by Crippen LogP contribution is -2.11. The van der Waals surface area contributed by atoms with Crippen molar-refractivity contribution in [2.24, 2.45) is 13.0 Å². The van der Waals surface area contributed by atoms with Crippen molar-refractivity contribution in [1.82, 2.24) is 29.4 Å². The predicted octanol–water partition coefficient (Wildman–Crippen LogP) is 3.83. The number of allylic oxidation sites excluding steroid dienone is 1. The normalized spacial score (nSPS) is 13.2. The minimum Gasteiger partial charge on any atom is -0.354 e. The van der Waals surface area contributed by atoms with Crippen LogP contribution in [0.3, 0.4) is 0 Å². The largest absolute Gasteiger partial charge is 0.354 e. The molecule has 7 heteroatoms. The Morgan fingerprint density at radius 2 is 2.03 bits per heavy atom. The molecule has 0 unspecified atom stereocenters. The van der Waals surface area contributed by atoms with Crippen LogP contribution in [0.4, 0.5) is 5.95 Å². The van der Waals surface area contributed by atoms with Crippen molar-refractivity contribution >= 4 is 17.0 Å². The number of nitrogens with zero attached hydrogens (tertiary/aromatic N) is 6. The van der Waals surface area contributed by atoms with Crippen LogP contribution in [0.15, 0.2) is 49.2 Å². The molecule has 0 spiro atoms. The second-order valence-corrected chi connectivity index (χ2v) is 7.86. The summed E-state index contributed by atoms with van der Waals surface area (Å²) in [5.74, 6) is 1.26. The van der Waals surface area contributed by atoms with Crippen LogP contribution in [-0.4, -0.2) is 35.9 Å². The van der Waals surface area contributed by atoms with Gasteiger partial charge in [0.1, 0.15) is 0 Å². The topological polar surface area (TPSA) is 72.9 Å². The summed E-state index contributed by atoms with van der Waals surface area (Å²) in [4.78, 5) is 9.24. The Hall–Kier alpha value is -3.48. The van der Waals surface area contributed by atoms with Crippen molar-refractivity contribution in [3.05, 3.63) is 66.0 Å². The van der Waals surface area contributed by atoms with Crippen LogP contribution in [0.1, 0.15) is 32.1 Å². The van der Waals surface area contributed by atoms with Gasteiger partial charge in [0, 0.05) is 56.7 Å². The fraction of sp³-hybridized carbons (Fsp3) is 0.273. The first-order valence-electron chi connectivity index (χ1n) is 9.85. The number of pyridine rings is 1. The van der Waals surface area contributed by atoms with Gasteiger partial charge < -0.3 is 5.32 Å². The second kappa shape index (κ2) is 6.84. The third-order valence-electron chi connectivity index (χ3n) is 5.17. The molecule has 0 atom stereocenters. The standard InChI is InChI=1S/C22H23N7.H2/c1-14(2)9-23-22-24-11-19-17(4-5-20(19)27-22)15-6-7-29-21(8-15)18(12-26-29)16-10-25-28(3)13-16;/h4,6-8,10-14H,5,9H2,1-3H3,(H,23,24,27);1H. The molecule has 0 fully saturated rings. The molecule has 1 N–H and O–H groups in total. The molecular formula is C22H25N7. The first-order chi connectivity index (χ1) is 14.1. The number of hydrogen-bond acceptors (Lipinski definition) is 5. The molecule has 0 saturated carbocycles. The molecule has 1 aliphatic rings. The number of fused-ring (bicyclic) bond motifs is 2. The number of rotatable bonds is 5. The molecule has 7 nitrogen and oxygen atoms in total. The summed E-state index contributed by atoms with van der Waals surface area (Å²) in [6.45, 7) is 5.22. The van der Waals surface area contributed by atoms with Crippen LogP contribution in [0.25, 0.3) is 22.2 Å². The molecular weight excluding hydrogens is 362 g/mol. The van der Waals surface area contributed by atoms with E-state index >= 15 is 0 Å². The fourth-order valence-corrected chi connectivity index (χ4v) is 3.69. The van der Waals surface area contributed by atoms with Gasteiger partial charge in [0.2, 0.25) is 5.95 Å². The van der Waals surface area contributed by atoms with E-state index in [9.17, 15) is 0 Å². The molecule has 29 heavy (non-hydrogen) atoms. The van der Waals surface area contributed by atoms with Gasteiger partial charge >= 0.3 is 0 Å². The summed E-state index contributed by atoms with van der Waals surface area (Å²) >= 11 is 0. The number of nitrogens with one attached hydrogen (secondary N) is 1. The van der Waals surface area contributed by atoms with Gasteiger partial charge in [0.05, 0.1) is 23.6 Å². The monoisotopic (exact) mass is 387 g/mol. The number of anilines is 1. The molecule has 4 heterocycles. The van der Waals surface area contributed by atoms with Crippen molar-refractivity contribution in [3.8, 4) is 11.1 Å². The lowest BCUT2D eigenvalue weighted by Gasteiger charge is -2.10. The van der Waals surface area contributed by atoms with Crippen LogP contribution in [0.2, 0.25) is 0 Å². The highest BCUT2D eigenvalue weighted by molar-refractivity contribution is 5.88. The van der Waals surface area contributed by atoms with E-state index in [2.05, 4.69) is 52.6 Å². The molecule has 148 valence electrons. The van der Waals surface area contributed by atoms with E-state index in [-0.39, 0.29) is 1.43 Å². The van der Waals surface area contributed by atoms with E-state index < -0.39 is 0 Å². The van der Waals surface area contributed by atoms with Gasteiger partial charge in [-0.15, -0.1) is 0 Å². The van der Waals surface area contributed by atoms with Crippen molar-refractivity contribution in [2.45, 2.75) is 20.3 Å². The van der Waals surface area contributed by atoms with E-state index in [1.165, 1.54) is 5.57 Å². The molecule has 4 aromatic heterocycles. The van der Waals surface area contributed by atoms with Crippen LogP contribution >= 0.6 is 0 Å². The van der Waals surface area contributed by atoms with Gasteiger partial charge in [-0.3, -0.25) is 4.68 Å². The van der Waals surface area contributed by atoms with Crippen LogP contribution in [0.5, 0.6) is 0 Å². The smallest absolute Gasteiger partial charge is 0.222 e. The van der Waals surface area contributed by atoms with Gasteiger partial charge in [-0.05, 0) is 29.2 Å². The Labute approximate surface area is 170 Å². The molecule has 0 amide bonds. The van der Waals surface area contributed by atoms with Crippen molar-refractivity contribution in [2.75, 3.05) is 11.9 Å². The summed E-state index contributed by atoms with van der Waals surface area (Å²) in [5.41, 5.74) is 7.69. The maximum absolute atomic E-state index is 4.72. The first-order valence-corrected chi connectivity index (χ1v) is 9.85. The summed E-state index contributed by atoms with van der Waals surface area (Å²) in [5, 5.41) is 12.1. The Bertz CT molecular complexity index is 1240. The number of aromatic nitrogens is 6. The predicted molar refractivity (Wildman–Crippen MR) is 116 cm³/mol. The zero-order valence-electron chi connectivity index (χ0n) is 16.8. The summed E-state index contributed by atoms with van der Waals surface area (Å²) in [6, 6.07) is 4.28. The Balaban J connectivity index is 0.00000218. The molecule has 0 saturated heterocycles. The maximum atomic E-state index is 4.72. The lowest BCUT2D eigenvalue weighted by molar-refractivity contribution is 0.684. The molecule has 4 aromatic rings. The Morgan fingerprint density at radius 3 is 2.83 bits per heavy atom. The zero-order chi connectivity index (χ0) is 20.0. The van der Waals surface area contributed by atoms with Crippen LogP contribution in [0, 0.1) is 5.92 Å². The minimum absolute atomic E-state index is 0. The second-order valence-electron chi connectivity index (χ2n) is 7.86. The maximum Gasteiger partial charge on any atom is 0.222 e. The van der Waals surface area contributed by atoms with Crippen molar-refractivity contribution < 1.29 is 1.43 Å². The third-order valence-corrected chi connectivity index (χ3v) is 5.17. The lowest BCUT2D eigenvalue weighted by atomic mass is 10.0. The summed E-state index contributed by atoms with van der Waals surface area (Å²) < 4.78 is 3.71. The highest BCUT2D eigenvalue weighted by Gasteiger charge is 2.19. The molecule has 1 aliphatic carbocycles. The molecule has 0 bridgehead atoms. The van der Waals surface area contributed by atoms with Crippen LogP contribution in [-0.2, 0) is 13.5 Å². The summed E-state index contributed by atoms with van der Waals surface area (Å²) in [7, 11) is 1.92. The Kier molecular flexibility index (Phi) is 4.16. The molecule has 0 aliphatic heterocycles. The average molecular weight is 387 g/mol. The minimum atomic E-state index is 0. The van der Waals surface area contributed by atoms with E-state index in [4.69, 9.17) is 4.98 Å². The highest BCUT2D eigenvalue weighted by Crippen LogP contribution is 2.33. The highest BCUT2D eigenvalue weighted by atomic mass is 15.2. The SMILES string of the molecule is CC(C)CNc1ncc2c(n1)CC=C2c1ccn2ncc(-c3cnn(C)c3)c2c1.[HH].